The SMILES string of the molecule is CCc1c(C)nn(C2CCC(O)C2)c1C. The van der Waals surface area contributed by atoms with E-state index in [1.54, 1.807) is 0 Å². The van der Waals surface area contributed by atoms with Crippen LogP contribution in [0, 0.1) is 13.8 Å². The van der Waals surface area contributed by atoms with Gasteiger partial charge in [0.05, 0.1) is 17.8 Å². The zero-order valence-electron chi connectivity index (χ0n) is 9.82. The Kier molecular flexibility index (Phi) is 2.83. The van der Waals surface area contributed by atoms with E-state index in [2.05, 4.69) is 30.6 Å². The molecule has 1 aromatic heterocycles. The molecule has 1 saturated carbocycles. The highest BCUT2D eigenvalue weighted by Crippen LogP contribution is 2.31. The van der Waals surface area contributed by atoms with Gasteiger partial charge in [-0.25, -0.2) is 0 Å². The van der Waals surface area contributed by atoms with Crippen molar-refractivity contribution >= 4 is 0 Å². The second-order valence-corrected chi connectivity index (χ2v) is 4.57. The van der Waals surface area contributed by atoms with E-state index < -0.39 is 0 Å². The lowest BCUT2D eigenvalue weighted by molar-refractivity contribution is 0.177. The molecule has 3 nitrogen and oxygen atoms in total. The van der Waals surface area contributed by atoms with Crippen LogP contribution in [0.5, 0.6) is 0 Å². The summed E-state index contributed by atoms with van der Waals surface area (Å²) in [6.45, 7) is 6.39. The number of aliphatic hydroxyl groups is 1. The van der Waals surface area contributed by atoms with Crippen LogP contribution in [-0.2, 0) is 6.42 Å². The van der Waals surface area contributed by atoms with Crippen LogP contribution in [0.4, 0.5) is 0 Å². The fourth-order valence-corrected chi connectivity index (χ4v) is 2.72. The highest BCUT2D eigenvalue weighted by atomic mass is 16.3. The van der Waals surface area contributed by atoms with Crippen LogP contribution in [-0.4, -0.2) is 21.0 Å². The van der Waals surface area contributed by atoms with Crippen molar-refractivity contribution in [1.82, 2.24) is 9.78 Å². The van der Waals surface area contributed by atoms with Gasteiger partial charge in [0.2, 0.25) is 0 Å². The van der Waals surface area contributed by atoms with Crippen molar-refractivity contribution in [1.29, 1.82) is 0 Å². The van der Waals surface area contributed by atoms with Crippen molar-refractivity contribution in [3.8, 4) is 0 Å². The van der Waals surface area contributed by atoms with Gasteiger partial charge in [0, 0.05) is 5.69 Å². The first-order valence-electron chi connectivity index (χ1n) is 5.86. The van der Waals surface area contributed by atoms with Crippen molar-refractivity contribution in [2.24, 2.45) is 0 Å². The van der Waals surface area contributed by atoms with Gasteiger partial charge >= 0.3 is 0 Å². The monoisotopic (exact) mass is 208 g/mol. The molecule has 3 heteroatoms. The van der Waals surface area contributed by atoms with Crippen molar-refractivity contribution < 1.29 is 5.11 Å². The number of aliphatic hydroxyl groups excluding tert-OH is 1. The van der Waals surface area contributed by atoms with Crippen molar-refractivity contribution in [3.63, 3.8) is 0 Å². The maximum absolute atomic E-state index is 9.54. The fourth-order valence-electron chi connectivity index (χ4n) is 2.72. The van der Waals surface area contributed by atoms with Crippen LogP contribution in [0.15, 0.2) is 0 Å². The summed E-state index contributed by atoms with van der Waals surface area (Å²) < 4.78 is 2.13. The average Bonchev–Trinajstić information content (AvgIpc) is 2.71. The summed E-state index contributed by atoms with van der Waals surface area (Å²) in [6, 6.07) is 0.416. The van der Waals surface area contributed by atoms with Gasteiger partial charge in [-0.15, -0.1) is 0 Å². The molecule has 1 aliphatic carbocycles. The van der Waals surface area contributed by atoms with Gasteiger partial charge in [0.1, 0.15) is 0 Å². The Morgan fingerprint density at radius 3 is 2.60 bits per heavy atom. The van der Waals surface area contributed by atoms with E-state index in [0.29, 0.717) is 6.04 Å². The van der Waals surface area contributed by atoms with Gasteiger partial charge < -0.3 is 5.11 Å². The molecule has 2 unspecified atom stereocenters. The quantitative estimate of drug-likeness (QED) is 0.808. The van der Waals surface area contributed by atoms with E-state index in [4.69, 9.17) is 0 Å². The molecule has 1 N–H and O–H groups in total. The van der Waals surface area contributed by atoms with Gasteiger partial charge in [-0.3, -0.25) is 4.68 Å². The average molecular weight is 208 g/mol. The molecule has 0 aromatic carbocycles. The highest BCUT2D eigenvalue weighted by molar-refractivity contribution is 5.24. The molecule has 2 atom stereocenters. The molecule has 84 valence electrons. The smallest absolute Gasteiger partial charge is 0.0628 e. The molecule has 0 saturated heterocycles. The molecule has 0 spiro atoms. The van der Waals surface area contributed by atoms with E-state index >= 15 is 0 Å². The lowest BCUT2D eigenvalue weighted by Gasteiger charge is -2.12. The minimum Gasteiger partial charge on any atom is -0.393 e. The lowest BCUT2D eigenvalue weighted by atomic mass is 10.1. The third kappa shape index (κ3) is 1.81. The summed E-state index contributed by atoms with van der Waals surface area (Å²) in [5, 5.41) is 14.1. The van der Waals surface area contributed by atoms with Crippen LogP contribution in [0.3, 0.4) is 0 Å². The zero-order chi connectivity index (χ0) is 11.0. The summed E-state index contributed by atoms with van der Waals surface area (Å²) in [4.78, 5) is 0. The predicted molar refractivity (Wildman–Crippen MR) is 60.0 cm³/mol. The first-order valence-corrected chi connectivity index (χ1v) is 5.86. The number of hydrogen-bond acceptors (Lipinski definition) is 2. The largest absolute Gasteiger partial charge is 0.393 e. The van der Waals surface area contributed by atoms with Crippen molar-refractivity contribution in [3.05, 3.63) is 17.0 Å². The molecule has 15 heavy (non-hydrogen) atoms. The summed E-state index contributed by atoms with van der Waals surface area (Å²) in [7, 11) is 0. The first-order chi connectivity index (χ1) is 7.13. The van der Waals surface area contributed by atoms with E-state index in [0.717, 1.165) is 31.4 Å². The van der Waals surface area contributed by atoms with Crippen LogP contribution in [0.1, 0.15) is 49.2 Å². The Balaban J connectivity index is 2.29. The lowest BCUT2D eigenvalue weighted by Crippen LogP contribution is -2.10. The summed E-state index contributed by atoms with van der Waals surface area (Å²) >= 11 is 0. The second-order valence-electron chi connectivity index (χ2n) is 4.57. The summed E-state index contributed by atoms with van der Waals surface area (Å²) in [6.07, 6.45) is 3.78. The van der Waals surface area contributed by atoms with Gasteiger partial charge in [-0.05, 0) is 45.1 Å². The normalized spacial score (nSPS) is 26.1. The maximum Gasteiger partial charge on any atom is 0.0628 e. The summed E-state index contributed by atoms with van der Waals surface area (Å²) in [5.41, 5.74) is 3.81. The van der Waals surface area contributed by atoms with Crippen LogP contribution >= 0.6 is 0 Å². The molecule has 1 aromatic rings. The zero-order valence-corrected chi connectivity index (χ0v) is 9.82. The Hall–Kier alpha value is -0.830. The first kappa shape index (κ1) is 10.7. The Labute approximate surface area is 91.1 Å². The van der Waals surface area contributed by atoms with E-state index in [1.165, 1.54) is 11.3 Å². The molecule has 0 amide bonds. The topological polar surface area (TPSA) is 38.0 Å². The molecule has 0 bridgehead atoms. The fraction of sp³-hybridized carbons (Fsp3) is 0.750. The minimum atomic E-state index is -0.121. The third-order valence-corrected chi connectivity index (χ3v) is 3.55. The number of rotatable bonds is 2. The Morgan fingerprint density at radius 2 is 2.13 bits per heavy atom. The maximum atomic E-state index is 9.54. The van der Waals surface area contributed by atoms with Gasteiger partial charge in [0.25, 0.3) is 0 Å². The predicted octanol–water partition coefficient (Wildman–Crippen LogP) is 2.15. The molecule has 2 rings (SSSR count). The third-order valence-electron chi connectivity index (χ3n) is 3.55. The van der Waals surface area contributed by atoms with Crippen molar-refractivity contribution in [2.75, 3.05) is 0 Å². The number of aryl methyl sites for hydroxylation is 1. The van der Waals surface area contributed by atoms with Crippen LogP contribution < -0.4 is 0 Å². The highest BCUT2D eigenvalue weighted by Gasteiger charge is 2.26. The molecule has 1 heterocycles. The standard InChI is InChI=1S/C12H20N2O/c1-4-12-8(2)13-14(9(12)3)10-5-6-11(15)7-10/h10-11,15H,4-7H2,1-3H3. The number of hydrogen-bond donors (Lipinski definition) is 1. The van der Waals surface area contributed by atoms with Gasteiger partial charge in [0.15, 0.2) is 0 Å². The minimum absolute atomic E-state index is 0.121. The molecule has 1 aliphatic rings. The Bertz CT molecular complexity index is 357. The molecular weight excluding hydrogens is 188 g/mol. The van der Waals surface area contributed by atoms with E-state index in [-0.39, 0.29) is 6.10 Å². The molecule has 1 fully saturated rings. The van der Waals surface area contributed by atoms with E-state index in [9.17, 15) is 5.11 Å². The van der Waals surface area contributed by atoms with Crippen LogP contribution in [0.2, 0.25) is 0 Å². The second kappa shape index (κ2) is 3.97. The van der Waals surface area contributed by atoms with E-state index in [1.807, 2.05) is 0 Å². The molecule has 0 radical (unpaired) electrons. The van der Waals surface area contributed by atoms with Crippen LogP contribution in [0.25, 0.3) is 0 Å². The number of nitrogens with zero attached hydrogens (tertiary/aromatic N) is 2. The number of aromatic nitrogens is 2. The van der Waals surface area contributed by atoms with Gasteiger partial charge in [-0.2, -0.15) is 5.10 Å². The Morgan fingerprint density at radius 1 is 1.40 bits per heavy atom. The summed E-state index contributed by atoms with van der Waals surface area (Å²) in [5.74, 6) is 0. The van der Waals surface area contributed by atoms with Gasteiger partial charge in [-0.1, -0.05) is 6.92 Å². The molecule has 0 aliphatic heterocycles. The van der Waals surface area contributed by atoms with Crippen molar-refractivity contribution in [2.45, 2.75) is 58.6 Å². The molecular formula is C12H20N2O.